The number of likely N-dealkylation sites (N-methyl/N-ethyl adjacent to an activating group) is 1. The van der Waals surface area contributed by atoms with Gasteiger partial charge in [-0.05, 0) is 39.3 Å². The van der Waals surface area contributed by atoms with Crippen molar-refractivity contribution in [3.8, 4) is 0 Å². The van der Waals surface area contributed by atoms with E-state index < -0.39 is 5.54 Å². The fourth-order valence-electron chi connectivity index (χ4n) is 4.79. The second kappa shape index (κ2) is 11.1. The van der Waals surface area contributed by atoms with Crippen LogP contribution >= 0.6 is 0 Å². The maximum atomic E-state index is 13.4. The molecule has 2 aliphatic rings. The zero-order chi connectivity index (χ0) is 24.0. The van der Waals surface area contributed by atoms with E-state index in [1.54, 1.807) is 11.0 Å². The Morgan fingerprint density at radius 2 is 1.91 bits per heavy atom. The summed E-state index contributed by atoms with van der Waals surface area (Å²) in [5.74, 6) is -0.673. The van der Waals surface area contributed by atoms with Crippen LogP contribution in [-0.4, -0.2) is 81.6 Å². The molecule has 33 heavy (non-hydrogen) atoms. The summed E-state index contributed by atoms with van der Waals surface area (Å²) in [6.45, 7) is 11.9. The van der Waals surface area contributed by atoms with Gasteiger partial charge in [-0.3, -0.25) is 19.1 Å². The van der Waals surface area contributed by atoms with Gasteiger partial charge in [0.25, 0.3) is 11.8 Å². The van der Waals surface area contributed by atoms with Crippen LogP contribution < -0.4 is 10.6 Å². The van der Waals surface area contributed by atoms with Crippen molar-refractivity contribution in [3.63, 3.8) is 0 Å². The Labute approximate surface area is 197 Å². The Balaban J connectivity index is 1.77. The van der Waals surface area contributed by atoms with Crippen LogP contribution in [0.5, 0.6) is 0 Å². The molecule has 3 rings (SSSR count). The van der Waals surface area contributed by atoms with Gasteiger partial charge >= 0.3 is 0 Å². The molecule has 1 fully saturated rings. The summed E-state index contributed by atoms with van der Waals surface area (Å²) in [5.41, 5.74) is -0.454. The quantitative estimate of drug-likeness (QED) is 0.526. The molecule has 184 valence electrons. The number of carbonyl (C=O) groups excluding carboxylic acids is 3. The predicted molar refractivity (Wildman–Crippen MR) is 127 cm³/mol. The van der Waals surface area contributed by atoms with E-state index in [0.717, 1.165) is 58.2 Å². The Morgan fingerprint density at radius 1 is 1.21 bits per heavy atom. The van der Waals surface area contributed by atoms with Crippen molar-refractivity contribution >= 4 is 17.7 Å². The lowest BCUT2D eigenvalue weighted by Crippen LogP contribution is -2.65. The van der Waals surface area contributed by atoms with Crippen molar-refractivity contribution in [1.29, 1.82) is 0 Å². The molecule has 1 saturated carbocycles. The molecule has 9 heteroatoms. The first-order valence-corrected chi connectivity index (χ1v) is 12.5. The number of hydrogen-bond acceptors (Lipinski definition) is 5. The molecule has 1 aliphatic heterocycles. The van der Waals surface area contributed by atoms with E-state index in [-0.39, 0.29) is 36.0 Å². The highest BCUT2D eigenvalue weighted by Gasteiger charge is 2.48. The van der Waals surface area contributed by atoms with Crippen molar-refractivity contribution in [2.45, 2.75) is 84.3 Å². The highest BCUT2D eigenvalue weighted by Crippen LogP contribution is 2.29. The normalized spacial score (nSPS) is 20.9. The number of fused-ring (bicyclic) bond motifs is 1. The molecule has 0 aromatic carbocycles. The maximum Gasteiger partial charge on any atom is 0.273 e. The molecule has 1 unspecified atom stereocenters. The van der Waals surface area contributed by atoms with Crippen molar-refractivity contribution < 1.29 is 14.4 Å². The van der Waals surface area contributed by atoms with Crippen molar-refractivity contribution in [3.05, 3.63) is 17.5 Å². The third-order valence-electron chi connectivity index (χ3n) is 7.05. The largest absolute Gasteiger partial charge is 0.351 e. The summed E-state index contributed by atoms with van der Waals surface area (Å²) >= 11 is 0. The van der Waals surface area contributed by atoms with E-state index in [0.29, 0.717) is 18.8 Å². The predicted octanol–water partition coefficient (Wildman–Crippen LogP) is 2.03. The molecule has 0 saturated heterocycles. The van der Waals surface area contributed by atoms with Crippen LogP contribution in [0.3, 0.4) is 0 Å². The molecule has 0 bridgehead atoms. The van der Waals surface area contributed by atoms with Crippen LogP contribution in [0.4, 0.5) is 0 Å². The monoisotopic (exact) mass is 460 g/mol. The number of rotatable bonds is 11. The summed E-state index contributed by atoms with van der Waals surface area (Å²) in [6, 6.07) is 1.73. The molecule has 2 heterocycles. The molecule has 1 aromatic heterocycles. The number of aromatic nitrogens is 2. The number of unbranched alkanes of at least 4 members (excludes halogenated alkanes) is 1. The van der Waals surface area contributed by atoms with E-state index in [1.165, 1.54) is 4.68 Å². The van der Waals surface area contributed by atoms with Gasteiger partial charge in [-0.1, -0.05) is 40.0 Å². The molecule has 1 atom stereocenters. The van der Waals surface area contributed by atoms with E-state index in [9.17, 15) is 14.4 Å². The Morgan fingerprint density at radius 3 is 2.55 bits per heavy atom. The van der Waals surface area contributed by atoms with Gasteiger partial charge < -0.3 is 20.4 Å². The molecular weight excluding hydrogens is 420 g/mol. The van der Waals surface area contributed by atoms with Crippen LogP contribution in [-0.2, 0) is 11.3 Å². The van der Waals surface area contributed by atoms with Crippen molar-refractivity contribution in [2.75, 3.05) is 32.7 Å². The van der Waals surface area contributed by atoms with Gasteiger partial charge in [0.15, 0.2) is 5.69 Å². The number of amides is 3. The SMILES string of the molecule is CCCCN1C(=O)c2cc(C(=O)NCCN(CC)CC)nn2CC1(C)C(=O)NC1CCCC1. The second-order valence-corrected chi connectivity index (χ2v) is 9.39. The molecule has 1 aromatic rings. The minimum Gasteiger partial charge on any atom is -0.351 e. The lowest BCUT2D eigenvalue weighted by atomic mass is 9.94. The van der Waals surface area contributed by atoms with Gasteiger partial charge in [0, 0.05) is 31.7 Å². The summed E-state index contributed by atoms with van der Waals surface area (Å²) in [5, 5.41) is 10.5. The number of nitrogens with one attached hydrogen (secondary N) is 2. The maximum absolute atomic E-state index is 13.4. The van der Waals surface area contributed by atoms with Gasteiger partial charge in [0.2, 0.25) is 5.91 Å². The Bertz CT molecular complexity index is 843. The van der Waals surface area contributed by atoms with Gasteiger partial charge in [-0.15, -0.1) is 0 Å². The van der Waals surface area contributed by atoms with Crippen LogP contribution in [0.15, 0.2) is 6.07 Å². The number of nitrogens with zero attached hydrogens (tertiary/aromatic N) is 4. The molecule has 0 spiro atoms. The van der Waals surface area contributed by atoms with Gasteiger partial charge in [-0.2, -0.15) is 5.10 Å². The molecule has 0 radical (unpaired) electrons. The highest BCUT2D eigenvalue weighted by molar-refractivity contribution is 6.01. The minimum atomic E-state index is -1.04. The van der Waals surface area contributed by atoms with E-state index in [2.05, 4.69) is 41.4 Å². The first-order valence-electron chi connectivity index (χ1n) is 12.5. The van der Waals surface area contributed by atoms with Crippen LogP contribution in [0.1, 0.15) is 87.2 Å². The van der Waals surface area contributed by atoms with Crippen LogP contribution in [0.25, 0.3) is 0 Å². The third-order valence-corrected chi connectivity index (χ3v) is 7.05. The Kier molecular flexibility index (Phi) is 8.51. The summed E-state index contributed by atoms with van der Waals surface area (Å²) in [6.07, 6.45) is 5.94. The van der Waals surface area contributed by atoms with E-state index >= 15 is 0 Å². The zero-order valence-corrected chi connectivity index (χ0v) is 20.7. The first kappa shape index (κ1) is 25.2. The molecule has 2 N–H and O–H groups in total. The second-order valence-electron chi connectivity index (χ2n) is 9.39. The fourth-order valence-corrected chi connectivity index (χ4v) is 4.79. The van der Waals surface area contributed by atoms with E-state index in [4.69, 9.17) is 0 Å². The fraction of sp³-hybridized carbons (Fsp3) is 0.750. The number of hydrogen-bond donors (Lipinski definition) is 2. The lowest BCUT2D eigenvalue weighted by molar-refractivity contribution is -0.133. The zero-order valence-electron chi connectivity index (χ0n) is 20.7. The van der Waals surface area contributed by atoms with Gasteiger partial charge in [0.1, 0.15) is 11.2 Å². The van der Waals surface area contributed by atoms with Crippen molar-refractivity contribution in [1.82, 2.24) is 30.2 Å². The summed E-state index contributed by atoms with van der Waals surface area (Å²) in [7, 11) is 0. The molecule has 3 amide bonds. The first-order chi connectivity index (χ1) is 15.8. The standard InChI is InChI=1S/C24H40N6O3/c1-5-8-14-29-22(32)20-16-19(21(31)25-13-15-28(6-2)7-3)27-30(20)17-24(29,4)23(33)26-18-11-9-10-12-18/h16,18H,5-15,17H2,1-4H3,(H,25,31)(H,26,33). The molecule has 1 aliphatic carbocycles. The average Bonchev–Trinajstić information content (AvgIpc) is 3.46. The van der Waals surface area contributed by atoms with Gasteiger partial charge in [-0.25, -0.2) is 0 Å². The smallest absolute Gasteiger partial charge is 0.273 e. The topological polar surface area (TPSA) is 99.6 Å². The third kappa shape index (κ3) is 5.57. The van der Waals surface area contributed by atoms with E-state index in [1.807, 2.05) is 6.92 Å². The van der Waals surface area contributed by atoms with Gasteiger partial charge in [0.05, 0.1) is 6.54 Å². The highest BCUT2D eigenvalue weighted by atomic mass is 16.2. The van der Waals surface area contributed by atoms with Crippen LogP contribution in [0.2, 0.25) is 0 Å². The summed E-state index contributed by atoms with van der Waals surface area (Å²) in [4.78, 5) is 43.4. The molecular formula is C24H40N6O3. The van der Waals surface area contributed by atoms with Crippen molar-refractivity contribution in [2.24, 2.45) is 0 Å². The number of carbonyl (C=O) groups is 3. The van der Waals surface area contributed by atoms with Crippen LogP contribution in [0, 0.1) is 0 Å². The minimum absolute atomic E-state index is 0.134. The summed E-state index contributed by atoms with van der Waals surface area (Å²) < 4.78 is 1.54. The average molecular weight is 461 g/mol. The molecule has 9 nitrogen and oxygen atoms in total. The lowest BCUT2D eigenvalue weighted by Gasteiger charge is -2.43. The Hall–Kier alpha value is -2.42.